The third kappa shape index (κ3) is 2.30. The maximum Gasteiger partial charge on any atom is 0.268 e. The number of nitrogens with zero attached hydrogens (tertiary/aromatic N) is 2. The fraction of sp³-hybridized carbons (Fsp3) is 0.167. The van der Waals surface area contributed by atoms with Gasteiger partial charge in [0.15, 0.2) is 0 Å². The number of carbonyl (C=O) groups excluding carboxylic acids is 1. The molecule has 1 saturated heterocycles. The van der Waals surface area contributed by atoms with E-state index in [1.54, 1.807) is 53.6 Å². The van der Waals surface area contributed by atoms with Crippen molar-refractivity contribution in [3.8, 4) is 0 Å². The molecular formula is C18H16N2O3S. The molecular weight excluding hydrogens is 324 g/mol. The second-order valence-corrected chi connectivity index (χ2v) is 7.64. The highest BCUT2D eigenvalue weighted by Crippen LogP contribution is 2.28. The average Bonchev–Trinajstić information content (AvgIpc) is 3.21. The number of amides is 1. The Labute approximate surface area is 140 Å². The van der Waals surface area contributed by atoms with Crippen LogP contribution in [0.15, 0.2) is 65.7 Å². The molecule has 5 nitrogen and oxygen atoms in total. The predicted octanol–water partition coefficient (Wildman–Crippen LogP) is 3.01. The van der Waals surface area contributed by atoms with E-state index in [9.17, 15) is 13.2 Å². The number of benzene rings is 2. The molecule has 122 valence electrons. The number of fused-ring (bicyclic) bond motifs is 1. The molecule has 6 heteroatoms. The van der Waals surface area contributed by atoms with E-state index in [0.29, 0.717) is 18.5 Å². The second kappa shape index (κ2) is 5.49. The van der Waals surface area contributed by atoms with Crippen molar-refractivity contribution in [1.82, 2.24) is 3.97 Å². The molecule has 1 amide bonds. The van der Waals surface area contributed by atoms with E-state index in [1.807, 2.05) is 12.1 Å². The summed E-state index contributed by atoms with van der Waals surface area (Å²) in [4.78, 5) is 13.9. The number of hydrogen-bond acceptors (Lipinski definition) is 3. The maximum absolute atomic E-state index is 12.8. The van der Waals surface area contributed by atoms with Crippen LogP contribution in [0.25, 0.3) is 10.9 Å². The molecule has 0 radical (unpaired) electrons. The smallest absolute Gasteiger partial charge is 0.268 e. The van der Waals surface area contributed by atoms with E-state index in [4.69, 9.17) is 0 Å². The molecule has 2 heterocycles. The Morgan fingerprint density at radius 2 is 1.75 bits per heavy atom. The monoisotopic (exact) mass is 340 g/mol. The van der Waals surface area contributed by atoms with Gasteiger partial charge in [-0.05, 0) is 42.8 Å². The van der Waals surface area contributed by atoms with Crippen molar-refractivity contribution in [1.29, 1.82) is 0 Å². The lowest BCUT2D eigenvalue weighted by Crippen LogP contribution is -2.23. The summed E-state index contributed by atoms with van der Waals surface area (Å²) in [6.45, 7) is 0.716. The van der Waals surface area contributed by atoms with E-state index >= 15 is 0 Å². The molecule has 1 aliphatic heterocycles. The molecule has 4 rings (SSSR count). The van der Waals surface area contributed by atoms with Crippen molar-refractivity contribution in [2.45, 2.75) is 17.7 Å². The molecule has 1 aromatic heterocycles. The Bertz CT molecular complexity index is 1020. The molecule has 0 atom stereocenters. The number of aromatic nitrogens is 1. The summed E-state index contributed by atoms with van der Waals surface area (Å²) in [5.41, 5.74) is 1.43. The van der Waals surface area contributed by atoms with Crippen LogP contribution >= 0.6 is 0 Å². The summed E-state index contributed by atoms with van der Waals surface area (Å²) in [6, 6.07) is 15.6. The van der Waals surface area contributed by atoms with Gasteiger partial charge in [-0.25, -0.2) is 12.4 Å². The van der Waals surface area contributed by atoms with Crippen molar-refractivity contribution in [3.05, 3.63) is 60.8 Å². The zero-order chi connectivity index (χ0) is 16.7. The molecule has 1 fully saturated rings. The Kier molecular flexibility index (Phi) is 3.42. The van der Waals surface area contributed by atoms with Gasteiger partial charge >= 0.3 is 0 Å². The van der Waals surface area contributed by atoms with Gasteiger partial charge in [0.25, 0.3) is 10.0 Å². The van der Waals surface area contributed by atoms with Crippen LogP contribution in [0.5, 0.6) is 0 Å². The summed E-state index contributed by atoms with van der Waals surface area (Å²) in [5, 5.41) is 0.798. The van der Waals surface area contributed by atoms with E-state index in [0.717, 1.165) is 17.5 Å². The van der Waals surface area contributed by atoms with Crippen LogP contribution in [-0.2, 0) is 14.8 Å². The van der Waals surface area contributed by atoms with Crippen molar-refractivity contribution in [2.75, 3.05) is 11.4 Å². The molecule has 0 bridgehead atoms. The Balaban J connectivity index is 1.80. The van der Waals surface area contributed by atoms with Crippen LogP contribution in [0, 0.1) is 0 Å². The van der Waals surface area contributed by atoms with E-state index in [2.05, 4.69) is 0 Å². The molecule has 24 heavy (non-hydrogen) atoms. The van der Waals surface area contributed by atoms with E-state index in [-0.39, 0.29) is 10.8 Å². The van der Waals surface area contributed by atoms with Crippen LogP contribution in [0.4, 0.5) is 5.69 Å². The van der Waals surface area contributed by atoms with Crippen molar-refractivity contribution in [3.63, 3.8) is 0 Å². The first-order valence-corrected chi connectivity index (χ1v) is 9.23. The van der Waals surface area contributed by atoms with Crippen molar-refractivity contribution >= 4 is 32.5 Å². The SMILES string of the molecule is O=C1CCCN1c1ccc2c(ccn2S(=O)(=O)c2ccccc2)c1. The second-order valence-electron chi connectivity index (χ2n) is 5.82. The van der Waals surface area contributed by atoms with Crippen LogP contribution < -0.4 is 4.90 Å². The van der Waals surface area contributed by atoms with Crippen LogP contribution in [0.1, 0.15) is 12.8 Å². The summed E-state index contributed by atoms with van der Waals surface area (Å²) in [5.74, 6) is 0.116. The third-order valence-electron chi connectivity index (χ3n) is 4.32. The highest BCUT2D eigenvalue weighted by Gasteiger charge is 2.23. The predicted molar refractivity (Wildman–Crippen MR) is 92.6 cm³/mol. The Morgan fingerprint density at radius 1 is 0.958 bits per heavy atom. The summed E-state index contributed by atoms with van der Waals surface area (Å²) < 4.78 is 26.9. The van der Waals surface area contributed by atoms with Crippen LogP contribution in [-0.4, -0.2) is 24.8 Å². The fourth-order valence-corrected chi connectivity index (χ4v) is 4.48. The lowest BCUT2D eigenvalue weighted by atomic mass is 10.2. The molecule has 3 aromatic rings. The maximum atomic E-state index is 12.8. The van der Waals surface area contributed by atoms with Gasteiger partial charge in [0, 0.05) is 30.2 Å². The topological polar surface area (TPSA) is 59.4 Å². The molecule has 0 N–H and O–H groups in total. The van der Waals surface area contributed by atoms with Crippen molar-refractivity contribution in [2.24, 2.45) is 0 Å². The van der Waals surface area contributed by atoms with Gasteiger partial charge in [0.1, 0.15) is 0 Å². The fourth-order valence-electron chi connectivity index (χ4n) is 3.11. The quantitative estimate of drug-likeness (QED) is 0.736. The normalized spacial score (nSPS) is 15.3. The third-order valence-corrected chi connectivity index (χ3v) is 6.03. The highest BCUT2D eigenvalue weighted by atomic mass is 32.2. The minimum atomic E-state index is -3.63. The zero-order valence-corrected chi connectivity index (χ0v) is 13.7. The first kappa shape index (κ1) is 15.0. The first-order valence-electron chi connectivity index (χ1n) is 7.79. The number of carbonyl (C=O) groups is 1. The minimum Gasteiger partial charge on any atom is -0.312 e. The molecule has 0 aliphatic carbocycles. The van der Waals surface area contributed by atoms with Crippen LogP contribution in [0.2, 0.25) is 0 Å². The molecule has 0 unspecified atom stereocenters. The Morgan fingerprint density at radius 3 is 2.46 bits per heavy atom. The lowest BCUT2D eigenvalue weighted by molar-refractivity contribution is -0.117. The van der Waals surface area contributed by atoms with Gasteiger partial charge < -0.3 is 4.90 Å². The van der Waals surface area contributed by atoms with Gasteiger partial charge in [-0.3, -0.25) is 4.79 Å². The molecule has 2 aromatic carbocycles. The van der Waals surface area contributed by atoms with Crippen molar-refractivity contribution < 1.29 is 13.2 Å². The number of anilines is 1. The summed E-state index contributed by atoms with van der Waals surface area (Å²) >= 11 is 0. The number of hydrogen-bond donors (Lipinski definition) is 0. The van der Waals surface area contributed by atoms with Gasteiger partial charge in [0.2, 0.25) is 5.91 Å². The molecule has 0 spiro atoms. The highest BCUT2D eigenvalue weighted by molar-refractivity contribution is 7.90. The minimum absolute atomic E-state index is 0.116. The average molecular weight is 340 g/mol. The summed E-state index contributed by atoms with van der Waals surface area (Å²) in [6.07, 6.45) is 2.99. The largest absolute Gasteiger partial charge is 0.312 e. The van der Waals surface area contributed by atoms with Gasteiger partial charge in [-0.1, -0.05) is 18.2 Å². The van der Waals surface area contributed by atoms with E-state index in [1.165, 1.54) is 3.97 Å². The summed E-state index contributed by atoms with van der Waals surface area (Å²) in [7, 11) is -3.63. The first-order chi connectivity index (χ1) is 11.6. The molecule has 1 aliphatic rings. The standard InChI is InChI=1S/C18H16N2O3S/c21-18-7-4-11-19(18)15-8-9-17-14(13-15)10-12-20(17)24(22,23)16-5-2-1-3-6-16/h1-3,5-6,8-10,12-13H,4,7,11H2. The molecule has 0 saturated carbocycles. The van der Waals surface area contributed by atoms with Crippen LogP contribution in [0.3, 0.4) is 0 Å². The van der Waals surface area contributed by atoms with Gasteiger partial charge in [-0.2, -0.15) is 0 Å². The van der Waals surface area contributed by atoms with Gasteiger partial charge in [-0.15, -0.1) is 0 Å². The zero-order valence-electron chi connectivity index (χ0n) is 12.9. The van der Waals surface area contributed by atoms with Gasteiger partial charge in [0.05, 0.1) is 10.4 Å². The van der Waals surface area contributed by atoms with E-state index < -0.39 is 10.0 Å². The Hall–Kier alpha value is -2.60. The lowest BCUT2D eigenvalue weighted by Gasteiger charge is -2.16. The number of rotatable bonds is 3.